The number of amides is 3. The number of nitrogens with one attached hydrogen (secondary N) is 3. The fourth-order valence-corrected chi connectivity index (χ4v) is 4.02. The van der Waals surface area contributed by atoms with Crippen LogP contribution < -0.4 is 16.0 Å². The normalized spacial score (nSPS) is 15.1. The largest absolute Gasteiger partial charge is 0.336 e. The average molecular weight is 401 g/mol. The van der Waals surface area contributed by atoms with E-state index < -0.39 is 0 Å². The van der Waals surface area contributed by atoms with Gasteiger partial charge in [-0.3, -0.25) is 14.9 Å². The molecule has 0 saturated heterocycles. The number of hydrogen-bond acceptors (Lipinski definition) is 5. The third-order valence-corrected chi connectivity index (χ3v) is 5.31. The smallest absolute Gasteiger partial charge is 0.319 e. The molecular weight excluding hydrogens is 376 g/mol. The van der Waals surface area contributed by atoms with Crippen LogP contribution in [0.5, 0.6) is 0 Å². The Labute approximate surface area is 167 Å². The Kier molecular flexibility index (Phi) is 5.51. The molecule has 0 saturated carbocycles. The van der Waals surface area contributed by atoms with E-state index >= 15 is 0 Å². The number of carbonyl (C=O) groups is 3. The SMILES string of the molecule is CC(C)NC(=O)Nc1cccc(C(=O)Nc2nc3c(s2)C(=O)CC(C)(C)C3)c1. The quantitative estimate of drug-likeness (QED) is 0.720. The van der Waals surface area contributed by atoms with Crippen LogP contribution in [0.3, 0.4) is 0 Å². The van der Waals surface area contributed by atoms with Crippen molar-refractivity contribution in [1.29, 1.82) is 0 Å². The van der Waals surface area contributed by atoms with Gasteiger partial charge in [0.25, 0.3) is 5.91 Å². The first-order valence-electron chi connectivity index (χ1n) is 9.15. The summed E-state index contributed by atoms with van der Waals surface area (Å²) in [6.07, 6.45) is 1.20. The van der Waals surface area contributed by atoms with E-state index in [1.807, 2.05) is 27.7 Å². The number of rotatable bonds is 4. The first kappa shape index (κ1) is 20.0. The number of hydrogen-bond donors (Lipinski definition) is 3. The van der Waals surface area contributed by atoms with Gasteiger partial charge in [-0.25, -0.2) is 9.78 Å². The van der Waals surface area contributed by atoms with Crippen molar-refractivity contribution in [2.24, 2.45) is 5.41 Å². The minimum absolute atomic E-state index is 0.00936. The summed E-state index contributed by atoms with van der Waals surface area (Å²) >= 11 is 1.22. The predicted molar refractivity (Wildman–Crippen MR) is 110 cm³/mol. The molecule has 1 aliphatic carbocycles. The zero-order valence-electron chi connectivity index (χ0n) is 16.4. The van der Waals surface area contributed by atoms with Crippen molar-refractivity contribution in [3.63, 3.8) is 0 Å². The molecular formula is C20H24N4O3S. The lowest BCUT2D eigenvalue weighted by Gasteiger charge is -2.26. The molecule has 2 aromatic rings. The molecule has 8 heteroatoms. The molecule has 28 heavy (non-hydrogen) atoms. The first-order valence-corrected chi connectivity index (χ1v) is 9.96. The summed E-state index contributed by atoms with van der Waals surface area (Å²) in [7, 11) is 0. The highest BCUT2D eigenvalue weighted by Gasteiger charge is 2.34. The van der Waals surface area contributed by atoms with Gasteiger partial charge < -0.3 is 10.6 Å². The molecule has 3 N–H and O–H groups in total. The van der Waals surface area contributed by atoms with Gasteiger partial charge in [0.15, 0.2) is 10.9 Å². The predicted octanol–water partition coefficient (Wildman–Crippen LogP) is 4.08. The van der Waals surface area contributed by atoms with Crippen LogP contribution in [0.2, 0.25) is 0 Å². The van der Waals surface area contributed by atoms with E-state index in [2.05, 4.69) is 20.9 Å². The maximum Gasteiger partial charge on any atom is 0.319 e. The molecule has 0 spiro atoms. The highest BCUT2D eigenvalue weighted by atomic mass is 32.1. The summed E-state index contributed by atoms with van der Waals surface area (Å²) in [6.45, 7) is 7.81. The number of anilines is 2. The van der Waals surface area contributed by atoms with E-state index in [1.54, 1.807) is 24.3 Å². The average Bonchev–Trinajstić information content (AvgIpc) is 2.95. The van der Waals surface area contributed by atoms with Crippen molar-refractivity contribution >= 4 is 39.9 Å². The van der Waals surface area contributed by atoms with Gasteiger partial charge in [0.05, 0.1) is 10.6 Å². The van der Waals surface area contributed by atoms with Crippen LogP contribution in [0.1, 0.15) is 59.8 Å². The Balaban J connectivity index is 1.71. The van der Waals surface area contributed by atoms with Crippen molar-refractivity contribution < 1.29 is 14.4 Å². The number of fused-ring (bicyclic) bond motifs is 1. The van der Waals surface area contributed by atoms with Crippen LogP contribution in [0, 0.1) is 5.41 Å². The minimum atomic E-state index is -0.342. The highest BCUT2D eigenvalue weighted by molar-refractivity contribution is 7.17. The van der Waals surface area contributed by atoms with Crippen molar-refractivity contribution in [1.82, 2.24) is 10.3 Å². The van der Waals surface area contributed by atoms with Crippen molar-refractivity contribution in [3.05, 3.63) is 40.4 Å². The number of aromatic nitrogens is 1. The van der Waals surface area contributed by atoms with Gasteiger partial charge in [-0.2, -0.15) is 0 Å². The van der Waals surface area contributed by atoms with Gasteiger partial charge in [-0.15, -0.1) is 0 Å². The molecule has 0 aliphatic heterocycles. The lowest BCUT2D eigenvalue weighted by atomic mass is 9.78. The summed E-state index contributed by atoms with van der Waals surface area (Å²) in [5.74, 6) is -0.266. The summed E-state index contributed by atoms with van der Waals surface area (Å²) in [5, 5.41) is 8.60. The summed E-state index contributed by atoms with van der Waals surface area (Å²) < 4.78 is 0. The molecule has 0 fully saturated rings. The Hall–Kier alpha value is -2.74. The lowest BCUT2D eigenvalue weighted by Crippen LogP contribution is -2.34. The molecule has 1 aromatic heterocycles. The number of urea groups is 1. The molecule has 1 aliphatic rings. The number of nitrogens with zero attached hydrogens (tertiary/aromatic N) is 1. The highest BCUT2D eigenvalue weighted by Crippen LogP contribution is 2.38. The van der Waals surface area contributed by atoms with Gasteiger partial charge in [0.2, 0.25) is 0 Å². The molecule has 1 heterocycles. The monoisotopic (exact) mass is 400 g/mol. The summed E-state index contributed by atoms with van der Waals surface area (Å²) in [5.41, 5.74) is 1.54. The number of benzene rings is 1. The molecule has 0 unspecified atom stereocenters. The Morgan fingerprint density at radius 2 is 1.93 bits per heavy atom. The molecule has 148 valence electrons. The molecule has 0 atom stereocenters. The second-order valence-corrected chi connectivity index (χ2v) is 9.02. The summed E-state index contributed by atoms with van der Waals surface area (Å²) in [6, 6.07) is 6.33. The van der Waals surface area contributed by atoms with Crippen LogP contribution in [-0.4, -0.2) is 28.7 Å². The fourth-order valence-electron chi connectivity index (χ4n) is 3.11. The molecule has 0 bridgehead atoms. The van der Waals surface area contributed by atoms with E-state index in [4.69, 9.17) is 0 Å². The minimum Gasteiger partial charge on any atom is -0.336 e. The number of carbonyl (C=O) groups excluding carboxylic acids is 3. The zero-order chi connectivity index (χ0) is 20.5. The third kappa shape index (κ3) is 4.75. The first-order chi connectivity index (χ1) is 13.1. The molecule has 1 aromatic carbocycles. The van der Waals surface area contributed by atoms with Crippen LogP contribution >= 0.6 is 11.3 Å². The van der Waals surface area contributed by atoms with E-state index in [0.29, 0.717) is 34.1 Å². The van der Waals surface area contributed by atoms with E-state index in [-0.39, 0.29) is 29.2 Å². The Morgan fingerprint density at radius 1 is 1.18 bits per heavy atom. The number of Topliss-reactive ketones (excluding diaryl/α,β-unsaturated/α-hetero) is 1. The van der Waals surface area contributed by atoms with Crippen LogP contribution in [-0.2, 0) is 6.42 Å². The number of thiazole rings is 1. The van der Waals surface area contributed by atoms with Gasteiger partial charge in [-0.1, -0.05) is 31.3 Å². The second kappa shape index (κ2) is 7.71. The van der Waals surface area contributed by atoms with Gasteiger partial charge in [-0.05, 0) is 43.9 Å². The van der Waals surface area contributed by atoms with Crippen molar-refractivity contribution in [2.75, 3.05) is 10.6 Å². The number of ketones is 1. The third-order valence-electron chi connectivity index (χ3n) is 4.26. The second-order valence-electron chi connectivity index (χ2n) is 8.02. The van der Waals surface area contributed by atoms with E-state index in [0.717, 1.165) is 5.69 Å². The Morgan fingerprint density at radius 3 is 2.64 bits per heavy atom. The molecule has 3 rings (SSSR count). The topological polar surface area (TPSA) is 100 Å². The van der Waals surface area contributed by atoms with Gasteiger partial charge >= 0.3 is 6.03 Å². The fraction of sp³-hybridized carbons (Fsp3) is 0.400. The maximum absolute atomic E-state index is 12.6. The van der Waals surface area contributed by atoms with Crippen LogP contribution in [0.25, 0.3) is 0 Å². The van der Waals surface area contributed by atoms with Gasteiger partial charge in [0, 0.05) is 23.7 Å². The van der Waals surface area contributed by atoms with E-state index in [9.17, 15) is 14.4 Å². The molecule has 7 nitrogen and oxygen atoms in total. The summed E-state index contributed by atoms with van der Waals surface area (Å²) in [4.78, 5) is 41.8. The van der Waals surface area contributed by atoms with E-state index in [1.165, 1.54) is 11.3 Å². The maximum atomic E-state index is 12.6. The Bertz CT molecular complexity index is 933. The molecule has 3 amide bonds. The zero-order valence-corrected chi connectivity index (χ0v) is 17.2. The van der Waals surface area contributed by atoms with Crippen molar-refractivity contribution in [3.8, 4) is 0 Å². The van der Waals surface area contributed by atoms with Crippen LogP contribution in [0.15, 0.2) is 24.3 Å². The standard InChI is InChI=1S/C20H24N4O3S/c1-11(2)21-18(27)22-13-7-5-6-12(8-13)17(26)24-19-23-14-9-20(3,4)10-15(25)16(14)28-19/h5-8,11H,9-10H2,1-4H3,(H2,21,22,27)(H,23,24,26). The lowest BCUT2D eigenvalue weighted by molar-refractivity contribution is 0.0915. The molecule has 0 radical (unpaired) electrons. The van der Waals surface area contributed by atoms with Crippen molar-refractivity contribution in [2.45, 2.75) is 46.6 Å². The van der Waals surface area contributed by atoms with Crippen LogP contribution in [0.4, 0.5) is 15.6 Å². The van der Waals surface area contributed by atoms with Gasteiger partial charge in [0.1, 0.15) is 0 Å².